The van der Waals surface area contributed by atoms with E-state index >= 15 is 0 Å². The van der Waals surface area contributed by atoms with Gasteiger partial charge in [-0.05, 0) is 26.8 Å². The number of hydrogen-bond acceptors (Lipinski definition) is 4. The lowest BCUT2D eigenvalue weighted by Gasteiger charge is -2.19. The van der Waals surface area contributed by atoms with Gasteiger partial charge in [-0.3, -0.25) is 0 Å². The number of esters is 1. The van der Waals surface area contributed by atoms with Gasteiger partial charge in [-0.1, -0.05) is 18.2 Å². The van der Waals surface area contributed by atoms with E-state index in [-0.39, 0.29) is 5.97 Å². The molecular formula is C13H15NO2S. The molecule has 0 saturated carbocycles. The summed E-state index contributed by atoms with van der Waals surface area (Å²) in [5.74, 6) is -0.354. The summed E-state index contributed by atoms with van der Waals surface area (Å²) in [6.45, 7) is 5.53. The molecule has 1 aromatic carbocycles. The van der Waals surface area contributed by atoms with Gasteiger partial charge in [-0.15, -0.1) is 11.3 Å². The molecule has 4 heteroatoms. The maximum atomic E-state index is 12.1. The zero-order chi connectivity index (χ0) is 12.6. The standard InChI is InChI=1S/C13H15NO2S/c1-13(2,3)16-12(15)10-8-6-4-5-7-9(8)17-11(10)14/h4-7H,14H2,1-3H3. The molecule has 0 aliphatic heterocycles. The van der Waals surface area contributed by atoms with Crippen LogP contribution >= 0.6 is 11.3 Å². The van der Waals surface area contributed by atoms with Gasteiger partial charge in [0.05, 0.1) is 0 Å². The SMILES string of the molecule is CC(C)(C)OC(=O)c1c(N)sc2ccccc12. The van der Waals surface area contributed by atoms with E-state index in [1.54, 1.807) is 0 Å². The number of hydrogen-bond donors (Lipinski definition) is 1. The number of fused-ring (bicyclic) bond motifs is 1. The molecule has 2 aromatic rings. The molecule has 0 atom stereocenters. The highest BCUT2D eigenvalue weighted by molar-refractivity contribution is 7.23. The summed E-state index contributed by atoms with van der Waals surface area (Å²) in [5.41, 5.74) is 5.87. The molecule has 0 amide bonds. The molecule has 1 heterocycles. The van der Waals surface area contributed by atoms with Crippen LogP contribution in [0.15, 0.2) is 24.3 Å². The molecule has 0 aliphatic carbocycles. The van der Waals surface area contributed by atoms with E-state index in [2.05, 4.69) is 0 Å². The van der Waals surface area contributed by atoms with Crippen LogP contribution in [0.5, 0.6) is 0 Å². The molecule has 1 aromatic heterocycles. The van der Waals surface area contributed by atoms with Gasteiger partial charge in [0.1, 0.15) is 16.2 Å². The Labute approximate surface area is 104 Å². The van der Waals surface area contributed by atoms with Crippen LogP contribution < -0.4 is 5.73 Å². The fourth-order valence-electron chi connectivity index (χ4n) is 1.60. The average molecular weight is 249 g/mol. The van der Waals surface area contributed by atoms with Crippen molar-refractivity contribution in [1.29, 1.82) is 0 Å². The Morgan fingerprint density at radius 2 is 1.94 bits per heavy atom. The second-order valence-electron chi connectivity index (χ2n) is 4.84. The average Bonchev–Trinajstić information content (AvgIpc) is 2.50. The van der Waals surface area contributed by atoms with Crippen molar-refractivity contribution in [3.05, 3.63) is 29.8 Å². The van der Waals surface area contributed by atoms with E-state index < -0.39 is 5.60 Å². The van der Waals surface area contributed by atoms with Crippen molar-refractivity contribution in [2.24, 2.45) is 0 Å². The van der Waals surface area contributed by atoms with Crippen LogP contribution in [-0.2, 0) is 4.74 Å². The predicted molar refractivity (Wildman–Crippen MR) is 71.4 cm³/mol. The normalized spacial score (nSPS) is 11.7. The molecule has 90 valence electrons. The molecule has 2 N–H and O–H groups in total. The van der Waals surface area contributed by atoms with Crippen molar-refractivity contribution in [2.45, 2.75) is 26.4 Å². The number of carbonyl (C=O) groups excluding carboxylic acids is 1. The zero-order valence-electron chi connectivity index (χ0n) is 10.1. The second kappa shape index (κ2) is 4.04. The minimum Gasteiger partial charge on any atom is -0.456 e. The first-order chi connectivity index (χ1) is 7.88. The van der Waals surface area contributed by atoms with E-state index in [0.717, 1.165) is 10.1 Å². The number of ether oxygens (including phenoxy) is 1. The molecule has 0 aliphatic rings. The lowest BCUT2D eigenvalue weighted by atomic mass is 10.1. The highest BCUT2D eigenvalue weighted by Crippen LogP contribution is 2.34. The fraction of sp³-hybridized carbons (Fsp3) is 0.308. The first-order valence-electron chi connectivity index (χ1n) is 5.39. The quantitative estimate of drug-likeness (QED) is 0.788. The van der Waals surface area contributed by atoms with E-state index in [1.807, 2.05) is 45.0 Å². The molecule has 2 rings (SSSR count). The van der Waals surface area contributed by atoms with Crippen LogP contribution in [0.3, 0.4) is 0 Å². The third kappa shape index (κ3) is 2.42. The fourth-order valence-corrected chi connectivity index (χ4v) is 2.56. The van der Waals surface area contributed by atoms with Gasteiger partial charge in [-0.25, -0.2) is 4.79 Å². The monoisotopic (exact) mass is 249 g/mol. The van der Waals surface area contributed by atoms with Gasteiger partial charge in [-0.2, -0.15) is 0 Å². The van der Waals surface area contributed by atoms with E-state index in [9.17, 15) is 4.79 Å². The first-order valence-corrected chi connectivity index (χ1v) is 6.20. The summed E-state index contributed by atoms with van der Waals surface area (Å²) < 4.78 is 6.36. The third-order valence-electron chi connectivity index (χ3n) is 2.23. The number of nitrogen functional groups attached to an aromatic ring is 1. The smallest absolute Gasteiger partial charge is 0.342 e. The summed E-state index contributed by atoms with van der Waals surface area (Å²) in [7, 11) is 0. The summed E-state index contributed by atoms with van der Waals surface area (Å²) in [6, 6.07) is 7.66. The maximum Gasteiger partial charge on any atom is 0.342 e. The first kappa shape index (κ1) is 11.9. The summed E-state index contributed by atoms with van der Waals surface area (Å²) in [5, 5.41) is 1.38. The van der Waals surface area contributed by atoms with Crippen LogP contribution in [0.1, 0.15) is 31.1 Å². The van der Waals surface area contributed by atoms with Gasteiger partial charge in [0.15, 0.2) is 0 Å². The Kier molecular flexibility index (Phi) is 2.83. The maximum absolute atomic E-state index is 12.1. The summed E-state index contributed by atoms with van der Waals surface area (Å²) >= 11 is 1.41. The van der Waals surface area contributed by atoms with Gasteiger partial charge in [0, 0.05) is 10.1 Å². The van der Waals surface area contributed by atoms with Gasteiger partial charge in [0.2, 0.25) is 0 Å². The second-order valence-corrected chi connectivity index (χ2v) is 5.92. The van der Waals surface area contributed by atoms with Gasteiger partial charge in [0.25, 0.3) is 0 Å². The lowest BCUT2D eigenvalue weighted by molar-refractivity contribution is 0.00735. The molecule has 0 bridgehead atoms. The third-order valence-corrected chi connectivity index (χ3v) is 3.23. The summed E-state index contributed by atoms with van der Waals surface area (Å²) in [4.78, 5) is 12.1. The number of benzene rings is 1. The Morgan fingerprint density at radius 3 is 2.59 bits per heavy atom. The molecule has 17 heavy (non-hydrogen) atoms. The Bertz CT molecular complexity index is 566. The van der Waals surface area contributed by atoms with E-state index in [4.69, 9.17) is 10.5 Å². The zero-order valence-corrected chi connectivity index (χ0v) is 10.9. The Morgan fingerprint density at radius 1 is 1.29 bits per heavy atom. The van der Waals surface area contributed by atoms with Crippen molar-refractivity contribution < 1.29 is 9.53 Å². The highest BCUT2D eigenvalue weighted by atomic mass is 32.1. The molecule has 3 nitrogen and oxygen atoms in total. The number of rotatable bonds is 1. The predicted octanol–water partition coefficient (Wildman–Crippen LogP) is 3.44. The van der Waals surface area contributed by atoms with Crippen LogP contribution in [0, 0.1) is 0 Å². The van der Waals surface area contributed by atoms with Crippen molar-refractivity contribution in [3.8, 4) is 0 Å². The van der Waals surface area contributed by atoms with Gasteiger partial charge < -0.3 is 10.5 Å². The highest BCUT2D eigenvalue weighted by Gasteiger charge is 2.23. The van der Waals surface area contributed by atoms with Crippen LogP contribution in [0.4, 0.5) is 5.00 Å². The number of anilines is 1. The number of nitrogens with two attached hydrogens (primary N) is 1. The van der Waals surface area contributed by atoms with Crippen molar-refractivity contribution in [1.82, 2.24) is 0 Å². The van der Waals surface area contributed by atoms with Crippen LogP contribution in [-0.4, -0.2) is 11.6 Å². The minimum atomic E-state index is -0.507. The molecule has 0 saturated heterocycles. The molecule has 0 fully saturated rings. The van der Waals surface area contributed by atoms with Crippen LogP contribution in [0.25, 0.3) is 10.1 Å². The lowest BCUT2D eigenvalue weighted by Crippen LogP contribution is -2.24. The number of carbonyl (C=O) groups is 1. The topological polar surface area (TPSA) is 52.3 Å². The number of thiophene rings is 1. The minimum absolute atomic E-state index is 0.354. The summed E-state index contributed by atoms with van der Waals surface area (Å²) in [6.07, 6.45) is 0. The van der Waals surface area contributed by atoms with Crippen molar-refractivity contribution in [2.75, 3.05) is 5.73 Å². The van der Waals surface area contributed by atoms with Crippen molar-refractivity contribution in [3.63, 3.8) is 0 Å². The Balaban J connectivity index is 2.48. The van der Waals surface area contributed by atoms with E-state index in [1.165, 1.54) is 11.3 Å². The molecule has 0 unspecified atom stereocenters. The molecule has 0 spiro atoms. The largest absolute Gasteiger partial charge is 0.456 e. The Hall–Kier alpha value is -1.55. The van der Waals surface area contributed by atoms with Crippen LogP contribution in [0.2, 0.25) is 0 Å². The molecule has 0 radical (unpaired) electrons. The molecular weight excluding hydrogens is 234 g/mol. The van der Waals surface area contributed by atoms with E-state index in [0.29, 0.717) is 10.6 Å². The van der Waals surface area contributed by atoms with Crippen molar-refractivity contribution >= 4 is 32.4 Å². The van der Waals surface area contributed by atoms with Gasteiger partial charge >= 0.3 is 5.97 Å².